The Kier molecular flexibility index (Phi) is 7.27. The number of ether oxygens (including phenoxy) is 3. The zero-order valence-corrected chi connectivity index (χ0v) is 17.1. The predicted octanol–water partition coefficient (Wildman–Crippen LogP) is 5.12. The topological polar surface area (TPSA) is 78.9 Å². The molecule has 0 aromatic heterocycles. The van der Waals surface area contributed by atoms with Crippen molar-refractivity contribution < 1.29 is 41.8 Å². The molecule has 0 radical (unpaired) electrons. The van der Waals surface area contributed by atoms with E-state index >= 15 is 0 Å². The van der Waals surface area contributed by atoms with E-state index in [0.717, 1.165) is 0 Å². The van der Waals surface area contributed by atoms with Crippen LogP contribution in [0.15, 0.2) is 0 Å². The highest BCUT2D eigenvalue weighted by molar-refractivity contribution is 5.77. The maximum Gasteiger partial charge on any atom is 0.490 e. The molecule has 9 heteroatoms. The minimum atomic E-state index is -5.13. The van der Waals surface area contributed by atoms with Crippen molar-refractivity contribution in [1.82, 2.24) is 0 Å². The van der Waals surface area contributed by atoms with Gasteiger partial charge in [0.15, 0.2) is 0 Å². The third-order valence-corrected chi connectivity index (χ3v) is 6.56. The number of carbonyl (C=O) groups excluding carboxylic acids is 3. The second kappa shape index (κ2) is 8.28. The number of carbonyl (C=O) groups is 3. The van der Waals surface area contributed by atoms with Gasteiger partial charge in [0.1, 0.15) is 16.8 Å². The Morgan fingerprint density at radius 1 is 0.839 bits per heavy atom. The minimum Gasteiger partial charge on any atom is -0.459 e. The molecule has 180 valence electrons. The van der Waals surface area contributed by atoms with Gasteiger partial charge in [-0.3, -0.25) is 9.59 Å². The summed E-state index contributed by atoms with van der Waals surface area (Å²) < 4.78 is 55.2. The Balaban J connectivity index is 0.00000240. The van der Waals surface area contributed by atoms with Crippen LogP contribution >= 0.6 is 0 Å². The molecule has 4 fully saturated rings. The summed E-state index contributed by atoms with van der Waals surface area (Å²) in [5, 5.41) is 0. The van der Waals surface area contributed by atoms with E-state index < -0.39 is 46.3 Å². The maximum atomic E-state index is 12.9. The summed E-state index contributed by atoms with van der Waals surface area (Å²) in [5.41, 5.74) is -4.47. The van der Waals surface area contributed by atoms with E-state index in [4.69, 9.17) is 14.2 Å². The van der Waals surface area contributed by atoms with Crippen molar-refractivity contribution in [2.75, 3.05) is 0 Å². The number of halogens is 3. The van der Waals surface area contributed by atoms with E-state index in [-0.39, 0.29) is 46.5 Å². The summed E-state index contributed by atoms with van der Waals surface area (Å²) in [4.78, 5) is 36.1. The maximum absolute atomic E-state index is 12.9. The molecule has 4 aliphatic rings. The van der Waals surface area contributed by atoms with Crippen LogP contribution in [0.4, 0.5) is 13.2 Å². The van der Waals surface area contributed by atoms with E-state index in [2.05, 4.69) is 0 Å². The van der Waals surface area contributed by atoms with Gasteiger partial charge in [0.25, 0.3) is 0 Å². The van der Waals surface area contributed by atoms with Crippen LogP contribution in [0.1, 0.15) is 87.5 Å². The van der Waals surface area contributed by atoms with Gasteiger partial charge in [0, 0.05) is 26.2 Å². The molecule has 0 aromatic carbocycles. The zero-order valence-electron chi connectivity index (χ0n) is 17.1. The molecule has 4 saturated carbocycles. The summed E-state index contributed by atoms with van der Waals surface area (Å²) in [5.74, 6) is -3.48. The number of esters is 3. The quantitative estimate of drug-likeness (QED) is 0.426. The van der Waals surface area contributed by atoms with Gasteiger partial charge in [-0.1, -0.05) is 21.8 Å². The number of alkyl halides is 3. The van der Waals surface area contributed by atoms with E-state index in [9.17, 15) is 27.6 Å². The van der Waals surface area contributed by atoms with E-state index in [1.807, 2.05) is 6.92 Å². The highest BCUT2D eigenvalue weighted by Gasteiger charge is 2.69. The van der Waals surface area contributed by atoms with Crippen LogP contribution in [0.25, 0.3) is 0 Å². The Hall–Kier alpha value is -1.80. The third kappa shape index (κ3) is 5.17. The van der Waals surface area contributed by atoms with Crippen LogP contribution in [0.3, 0.4) is 0 Å². The fourth-order valence-electron chi connectivity index (χ4n) is 5.56. The van der Waals surface area contributed by atoms with Crippen molar-refractivity contribution in [3.63, 3.8) is 0 Å². The standard InChI is InChI=1S/C20H27F3O6.2CH4/c1-5-16(3,4)14(25)28-18-7-13-6-17(9-18,27-12(2)24)10-19(8-13,11-18)29-15(26)20(21,22)23;;/h13H,5-11H2,1-4H3;2*1H4. The van der Waals surface area contributed by atoms with Crippen molar-refractivity contribution in [2.45, 2.75) is 110 Å². The van der Waals surface area contributed by atoms with E-state index in [0.29, 0.717) is 19.3 Å². The monoisotopic (exact) mass is 452 g/mol. The molecule has 0 amide bonds. The van der Waals surface area contributed by atoms with Crippen LogP contribution < -0.4 is 0 Å². The Labute approximate surface area is 182 Å². The SMILES string of the molecule is C.C.CCC(C)(C)C(=O)OC12CC3CC(OC(C)=O)(CC(OC(=O)C(F)(F)F)(C3)C1)C2. The molecule has 4 bridgehead atoms. The first-order valence-electron chi connectivity index (χ1n) is 9.87. The fraction of sp³-hybridized carbons (Fsp3) is 0.864. The van der Waals surface area contributed by atoms with Gasteiger partial charge in [-0.25, -0.2) is 4.79 Å². The lowest BCUT2D eigenvalue weighted by Crippen LogP contribution is -2.69. The summed E-state index contributed by atoms with van der Waals surface area (Å²) >= 11 is 0. The molecular formula is C22H35F3O6. The molecule has 0 saturated heterocycles. The number of hydrogen-bond acceptors (Lipinski definition) is 6. The largest absolute Gasteiger partial charge is 0.490 e. The number of rotatable bonds is 5. The van der Waals surface area contributed by atoms with Gasteiger partial charge in [0.2, 0.25) is 0 Å². The van der Waals surface area contributed by atoms with Crippen LogP contribution in [-0.2, 0) is 28.6 Å². The molecule has 4 rings (SSSR count). The van der Waals surface area contributed by atoms with Crippen molar-refractivity contribution in [2.24, 2.45) is 11.3 Å². The molecule has 0 N–H and O–H groups in total. The Morgan fingerprint density at radius 3 is 1.58 bits per heavy atom. The Bertz CT molecular complexity index is 733. The molecule has 0 aromatic rings. The lowest BCUT2D eigenvalue weighted by atomic mass is 9.50. The summed E-state index contributed by atoms with van der Waals surface area (Å²) in [6, 6.07) is 0. The molecule has 0 spiro atoms. The molecule has 31 heavy (non-hydrogen) atoms. The van der Waals surface area contributed by atoms with Crippen molar-refractivity contribution >= 4 is 17.9 Å². The van der Waals surface area contributed by atoms with Crippen molar-refractivity contribution in [3.05, 3.63) is 0 Å². The summed E-state index contributed by atoms with van der Waals surface area (Å²) in [7, 11) is 0. The van der Waals surface area contributed by atoms with Gasteiger partial charge in [-0.2, -0.15) is 13.2 Å². The first-order valence-corrected chi connectivity index (χ1v) is 9.87. The van der Waals surface area contributed by atoms with Gasteiger partial charge < -0.3 is 14.2 Å². The Morgan fingerprint density at radius 2 is 1.23 bits per heavy atom. The summed E-state index contributed by atoms with van der Waals surface area (Å²) in [6.07, 6.45) is -3.32. The van der Waals surface area contributed by atoms with Crippen LogP contribution in [0.2, 0.25) is 0 Å². The second-order valence-electron chi connectivity index (χ2n) is 9.67. The lowest BCUT2D eigenvalue weighted by Gasteiger charge is -2.63. The predicted molar refractivity (Wildman–Crippen MR) is 107 cm³/mol. The second-order valence-corrected chi connectivity index (χ2v) is 9.67. The highest BCUT2D eigenvalue weighted by Crippen LogP contribution is 2.63. The van der Waals surface area contributed by atoms with Gasteiger partial charge >= 0.3 is 24.1 Å². The molecule has 4 aliphatic carbocycles. The minimum absolute atomic E-state index is 0. The van der Waals surface area contributed by atoms with Crippen LogP contribution in [0, 0.1) is 11.3 Å². The molecule has 6 nitrogen and oxygen atoms in total. The van der Waals surface area contributed by atoms with Gasteiger partial charge in [-0.05, 0) is 45.4 Å². The molecule has 0 heterocycles. The smallest absolute Gasteiger partial charge is 0.459 e. The third-order valence-electron chi connectivity index (χ3n) is 6.56. The number of hydrogen-bond donors (Lipinski definition) is 0. The van der Waals surface area contributed by atoms with Gasteiger partial charge in [0.05, 0.1) is 5.41 Å². The lowest BCUT2D eigenvalue weighted by molar-refractivity contribution is -0.284. The van der Waals surface area contributed by atoms with E-state index in [1.54, 1.807) is 13.8 Å². The fourth-order valence-corrected chi connectivity index (χ4v) is 5.56. The van der Waals surface area contributed by atoms with Crippen molar-refractivity contribution in [1.29, 1.82) is 0 Å². The average Bonchev–Trinajstić information content (AvgIpc) is 2.50. The molecule has 0 aliphatic heterocycles. The molecule has 4 atom stereocenters. The average molecular weight is 453 g/mol. The summed E-state index contributed by atoms with van der Waals surface area (Å²) in [6.45, 7) is 6.54. The first-order chi connectivity index (χ1) is 13.1. The van der Waals surface area contributed by atoms with E-state index in [1.165, 1.54) is 6.92 Å². The van der Waals surface area contributed by atoms with Crippen LogP contribution in [0.5, 0.6) is 0 Å². The first kappa shape index (κ1) is 27.2. The highest BCUT2D eigenvalue weighted by atomic mass is 19.4. The zero-order chi connectivity index (χ0) is 21.9. The van der Waals surface area contributed by atoms with Crippen LogP contribution in [-0.4, -0.2) is 40.9 Å². The van der Waals surface area contributed by atoms with Crippen molar-refractivity contribution in [3.8, 4) is 0 Å². The molecule has 4 unspecified atom stereocenters. The van der Waals surface area contributed by atoms with Gasteiger partial charge in [-0.15, -0.1) is 0 Å². The normalized spacial score (nSPS) is 33.6. The molecular weight excluding hydrogens is 417 g/mol.